The molecule has 0 saturated heterocycles. The zero-order valence-corrected chi connectivity index (χ0v) is 15.0. The van der Waals surface area contributed by atoms with E-state index in [2.05, 4.69) is 74.6 Å². The van der Waals surface area contributed by atoms with Crippen molar-refractivity contribution in [1.29, 1.82) is 0 Å². The van der Waals surface area contributed by atoms with E-state index in [1.54, 1.807) is 0 Å². The Morgan fingerprint density at radius 2 is 1.62 bits per heavy atom. The monoisotopic (exact) mass is 327 g/mol. The Morgan fingerprint density at radius 1 is 1.00 bits per heavy atom. The number of hydrogen-bond donors (Lipinski definition) is 2. The van der Waals surface area contributed by atoms with Crippen molar-refractivity contribution < 1.29 is 9.84 Å². The Balaban J connectivity index is 1.68. The zero-order valence-electron chi connectivity index (χ0n) is 15.0. The Hall–Kier alpha value is -1.68. The molecule has 130 valence electrons. The molecule has 0 aliphatic heterocycles. The highest BCUT2D eigenvalue weighted by Gasteiger charge is 2.09. The summed E-state index contributed by atoms with van der Waals surface area (Å²) in [4.78, 5) is 0. The molecule has 0 radical (unpaired) electrons. The van der Waals surface area contributed by atoms with Gasteiger partial charge in [0, 0.05) is 12.6 Å². The molecular formula is C21H29NO2. The predicted molar refractivity (Wildman–Crippen MR) is 99.1 cm³/mol. The second kappa shape index (κ2) is 9.58. The van der Waals surface area contributed by atoms with Crippen molar-refractivity contribution in [3.63, 3.8) is 0 Å². The van der Waals surface area contributed by atoms with Crippen molar-refractivity contribution >= 4 is 0 Å². The fourth-order valence-corrected chi connectivity index (χ4v) is 2.53. The van der Waals surface area contributed by atoms with Crippen LogP contribution in [0.2, 0.25) is 0 Å². The lowest BCUT2D eigenvalue weighted by Crippen LogP contribution is -2.32. The molecule has 0 aromatic heterocycles. The van der Waals surface area contributed by atoms with Crippen LogP contribution in [0.25, 0.3) is 0 Å². The van der Waals surface area contributed by atoms with Crippen LogP contribution in [0.15, 0.2) is 48.5 Å². The van der Waals surface area contributed by atoms with Gasteiger partial charge in [-0.15, -0.1) is 0 Å². The van der Waals surface area contributed by atoms with Crippen molar-refractivity contribution in [1.82, 2.24) is 5.32 Å². The van der Waals surface area contributed by atoms with Crippen LogP contribution in [0.1, 0.15) is 42.1 Å². The Morgan fingerprint density at radius 3 is 2.25 bits per heavy atom. The molecule has 0 bridgehead atoms. The molecule has 3 nitrogen and oxygen atoms in total. The van der Waals surface area contributed by atoms with E-state index < -0.39 is 6.10 Å². The predicted octanol–water partition coefficient (Wildman–Crippen LogP) is 3.79. The fraction of sp³-hybridized carbons (Fsp3) is 0.429. The average Bonchev–Trinajstić information content (AvgIpc) is 2.61. The summed E-state index contributed by atoms with van der Waals surface area (Å²) in [7, 11) is 0. The molecule has 0 aliphatic rings. The van der Waals surface area contributed by atoms with Crippen LogP contribution >= 0.6 is 0 Å². The van der Waals surface area contributed by atoms with Gasteiger partial charge >= 0.3 is 0 Å². The fourth-order valence-electron chi connectivity index (χ4n) is 2.53. The first-order valence-corrected chi connectivity index (χ1v) is 8.72. The minimum absolute atomic E-state index is 0.211. The molecule has 2 aromatic carbocycles. The summed E-state index contributed by atoms with van der Waals surface area (Å²) in [6.45, 7) is 7.72. The number of benzene rings is 2. The third kappa shape index (κ3) is 6.08. The summed E-state index contributed by atoms with van der Waals surface area (Å²) in [5, 5.41) is 13.4. The molecule has 0 spiro atoms. The van der Waals surface area contributed by atoms with Gasteiger partial charge in [-0.2, -0.15) is 0 Å². The van der Waals surface area contributed by atoms with E-state index in [1.807, 2.05) is 0 Å². The van der Waals surface area contributed by atoms with E-state index in [1.165, 1.54) is 16.7 Å². The zero-order chi connectivity index (χ0) is 17.4. The van der Waals surface area contributed by atoms with Crippen LogP contribution < -0.4 is 5.32 Å². The third-order valence-corrected chi connectivity index (χ3v) is 4.25. The minimum Gasteiger partial charge on any atom is -0.389 e. The first-order valence-electron chi connectivity index (χ1n) is 8.72. The molecule has 0 saturated carbocycles. The second-order valence-corrected chi connectivity index (χ2v) is 6.38. The SMILES string of the molecule is CCc1ccc(C(C)NCC(O)COCc2ccc(C)cc2)cc1. The van der Waals surface area contributed by atoms with Crippen LogP contribution in [0, 0.1) is 6.92 Å². The summed E-state index contributed by atoms with van der Waals surface area (Å²) in [6, 6.07) is 17.1. The van der Waals surface area contributed by atoms with Gasteiger partial charge in [0.1, 0.15) is 0 Å². The molecule has 0 heterocycles. The van der Waals surface area contributed by atoms with E-state index in [0.29, 0.717) is 19.8 Å². The van der Waals surface area contributed by atoms with E-state index in [4.69, 9.17) is 4.74 Å². The van der Waals surface area contributed by atoms with Gasteiger partial charge in [0.25, 0.3) is 0 Å². The Kier molecular flexibility index (Phi) is 7.44. The molecule has 2 atom stereocenters. The molecule has 2 unspecified atom stereocenters. The van der Waals surface area contributed by atoms with Gasteiger partial charge in [0.05, 0.1) is 19.3 Å². The minimum atomic E-state index is -0.507. The van der Waals surface area contributed by atoms with Crippen LogP contribution in [0.5, 0.6) is 0 Å². The number of rotatable bonds is 9. The average molecular weight is 327 g/mol. The third-order valence-electron chi connectivity index (χ3n) is 4.25. The van der Waals surface area contributed by atoms with Crippen LogP contribution in [-0.2, 0) is 17.8 Å². The van der Waals surface area contributed by atoms with Crippen LogP contribution in [0.4, 0.5) is 0 Å². The van der Waals surface area contributed by atoms with Crippen molar-refractivity contribution in [2.45, 2.75) is 45.9 Å². The molecule has 2 aromatic rings. The molecule has 2 rings (SSSR count). The standard InChI is InChI=1S/C21H29NO2/c1-4-18-9-11-20(12-10-18)17(3)22-13-21(23)15-24-14-19-7-5-16(2)6-8-19/h5-12,17,21-23H,4,13-15H2,1-3H3. The second-order valence-electron chi connectivity index (χ2n) is 6.38. The molecule has 24 heavy (non-hydrogen) atoms. The molecule has 0 fully saturated rings. The topological polar surface area (TPSA) is 41.5 Å². The Labute approximate surface area is 145 Å². The van der Waals surface area contributed by atoms with Gasteiger partial charge in [-0.05, 0) is 37.0 Å². The van der Waals surface area contributed by atoms with Gasteiger partial charge in [-0.1, -0.05) is 61.0 Å². The first-order chi connectivity index (χ1) is 11.6. The summed E-state index contributed by atoms with van der Waals surface area (Å²) in [5.74, 6) is 0. The summed E-state index contributed by atoms with van der Waals surface area (Å²) in [6.07, 6.45) is 0.548. The highest BCUT2D eigenvalue weighted by Crippen LogP contribution is 2.13. The molecular weight excluding hydrogens is 298 g/mol. The number of aliphatic hydroxyl groups is 1. The van der Waals surface area contributed by atoms with Crippen LogP contribution in [0.3, 0.4) is 0 Å². The van der Waals surface area contributed by atoms with Crippen molar-refractivity contribution in [2.24, 2.45) is 0 Å². The number of aliphatic hydroxyl groups excluding tert-OH is 1. The maximum atomic E-state index is 10.1. The van der Waals surface area contributed by atoms with E-state index in [-0.39, 0.29) is 6.04 Å². The van der Waals surface area contributed by atoms with Gasteiger partial charge in [-0.3, -0.25) is 0 Å². The molecule has 0 amide bonds. The van der Waals surface area contributed by atoms with Crippen LogP contribution in [-0.4, -0.2) is 24.4 Å². The largest absolute Gasteiger partial charge is 0.389 e. The van der Waals surface area contributed by atoms with Gasteiger partial charge in [-0.25, -0.2) is 0 Å². The lowest BCUT2D eigenvalue weighted by atomic mass is 10.0. The van der Waals surface area contributed by atoms with Crippen molar-refractivity contribution in [3.05, 3.63) is 70.8 Å². The molecule has 3 heteroatoms. The quantitative estimate of drug-likeness (QED) is 0.736. The highest BCUT2D eigenvalue weighted by atomic mass is 16.5. The van der Waals surface area contributed by atoms with Gasteiger partial charge < -0.3 is 15.2 Å². The maximum absolute atomic E-state index is 10.1. The van der Waals surface area contributed by atoms with E-state index in [9.17, 15) is 5.11 Å². The first kappa shape index (κ1) is 18.7. The lowest BCUT2D eigenvalue weighted by Gasteiger charge is -2.18. The summed E-state index contributed by atoms with van der Waals surface area (Å²) >= 11 is 0. The highest BCUT2D eigenvalue weighted by molar-refractivity contribution is 5.24. The smallest absolute Gasteiger partial charge is 0.0898 e. The normalized spacial score (nSPS) is 13.7. The van der Waals surface area contributed by atoms with Gasteiger partial charge in [0.2, 0.25) is 0 Å². The van der Waals surface area contributed by atoms with E-state index >= 15 is 0 Å². The number of ether oxygens (including phenoxy) is 1. The van der Waals surface area contributed by atoms with Gasteiger partial charge in [0.15, 0.2) is 0 Å². The Bertz CT molecular complexity index is 592. The lowest BCUT2D eigenvalue weighted by molar-refractivity contribution is 0.0278. The summed E-state index contributed by atoms with van der Waals surface area (Å²) < 4.78 is 5.60. The number of aryl methyl sites for hydroxylation is 2. The van der Waals surface area contributed by atoms with E-state index in [0.717, 1.165) is 12.0 Å². The maximum Gasteiger partial charge on any atom is 0.0898 e. The molecule has 2 N–H and O–H groups in total. The molecule has 0 aliphatic carbocycles. The summed E-state index contributed by atoms with van der Waals surface area (Å²) in [5.41, 5.74) is 4.95. The number of nitrogens with one attached hydrogen (secondary N) is 1. The van der Waals surface area contributed by atoms with Crippen molar-refractivity contribution in [2.75, 3.05) is 13.2 Å². The number of hydrogen-bond acceptors (Lipinski definition) is 3. The van der Waals surface area contributed by atoms with Crippen molar-refractivity contribution in [3.8, 4) is 0 Å².